The van der Waals surface area contributed by atoms with Gasteiger partial charge < -0.3 is 10.1 Å². The van der Waals surface area contributed by atoms with Crippen LogP contribution in [0.1, 0.15) is 29.7 Å². The minimum Gasteiger partial charge on any atom is -0.494 e. The lowest BCUT2D eigenvalue weighted by Gasteiger charge is -2.21. The van der Waals surface area contributed by atoms with E-state index >= 15 is 0 Å². The van der Waals surface area contributed by atoms with Crippen molar-refractivity contribution in [2.75, 3.05) is 13.7 Å². The molecule has 0 spiro atoms. The van der Waals surface area contributed by atoms with Crippen LogP contribution in [0.2, 0.25) is 5.02 Å². The van der Waals surface area contributed by atoms with Gasteiger partial charge in [-0.1, -0.05) is 41.4 Å². The van der Waals surface area contributed by atoms with Gasteiger partial charge in [0.15, 0.2) is 0 Å². The molecule has 0 fully saturated rings. The van der Waals surface area contributed by atoms with Gasteiger partial charge in [-0.15, -0.1) is 0 Å². The molecule has 1 N–H and O–H groups in total. The van der Waals surface area contributed by atoms with Crippen LogP contribution in [0.25, 0.3) is 0 Å². The molecule has 0 saturated heterocycles. The maximum atomic E-state index is 5.97. The van der Waals surface area contributed by atoms with E-state index in [2.05, 4.69) is 24.4 Å². The molecule has 0 aliphatic carbocycles. The number of rotatable bonds is 5. The second-order valence-corrected chi connectivity index (χ2v) is 5.18. The fourth-order valence-corrected chi connectivity index (χ4v) is 2.46. The Hall–Kier alpha value is -1.51. The molecule has 2 aromatic carbocycles. The minimum atomic E-state index is 0.0914. The smallest absolute Gasteiger partial charge is 0.124 e. The molecule has 0 heterocycles. The molecule has 2 aromatic rings. The van der Waals surface area contributed by atoms with Gasteiger partial charge >= 0.3 is 0 Å². The van der Waals surface area contributed by atoms with Crippen LogP contribution in [-0.4, -0.2) is 13.7 Å². The molecule has 2 rings (SSSR count). The summed E-state index contributed by atoms with van der Waals surface area (Å²) in [5.41, 5.74) is 3.54. The maximum Gasteiger partial charge on any atom is 0.124 e. The Morgan fingerprint density at radius 3 is 2.45 bits per heavy atom. The van der Waals surface area contributed by atoms with Crippen molar-refractivity contribution in [1.29, 1.82) is 0 Å². The van der Waals surface area contributed by atoms with Gasteiger partial charge in [0.2, 0.25) is 0 Å². The average molecular weight is 290 g/mol. The van der Waals surface area contributed by atoms with E-state index in [0.717, 1.165) is 16.3 Å². The standard InChI is InChI=1S/C17H20ClNO/c1-4-20-16-10-5-12(2)11-15(16)17(19-3)13-6-8-14(18)9-7-13/h5-11,17,19H,4H2,1-3H3. The molecule has 0 aliphatic heterocycles. The highest BCUT2D eigenvalue weighted by Gasteiger charge is 2.16. The quantitative estimate of drug-likeness (QED) is 0.883. The van der Waals surface area contributed by atoms with E-state index in [0.29, 0.717) is 6.61 Å². The highest BCUT2D eigenvalue weighted by Crippen LogP contribution is 2.31. The first kappa shape index (κ1) is 14.9. The molecule has 20 heavy (non-hydrogen) atoms. The number of ether oxygens (including phenoxy) is 1. The van der Waals surface area contributed by atoms with Crippen LogP contribution in [0.5, 0.6) is 5.75 Å². The van der Waals surface area contributed by atoms with E-state index in [9.17, 15) is 0 Å². The fraction of sp³-hybridized carbons (Fsp3) is 0.294. The van der Waals surface area contributed by atoms with E-state index in [1.807, 2.05) is 44.3 Å². The normalized spacial score (nSPS) is 12.2. The Labute approximate surface area is 125 Å². The second-order valence-electron chi connectivity index (χ2n) is 4.75. The van der Waals surface area contributed by atoms with Gasteiger partial charge in [-0.3, -0.25) is 0 Å². The number of benzene rings is 2. The maximum absolute atomic E-state index is 5.97. The van der Waals surface area contributed by atoms with Crippen molar-refractivity contribution in [1.82, 2.24) is 5.32 Å². The van der Waals surface area contributed by atoms with E-state index in [1.165, 1.54) is 11.1 Å². The second kappa shape index (κ2) is 6.78. The summed E-state index contributed by atoms with van der Waals surface area (Å²) in [5.74, 6) is 0.924. The van der Waals surface area contributed by atoms with Crippen LogP contribution < -0.4 is 10.1 Å². The third-order valence-corrected chi connectivity index (χ3v) is 3.52. The van der Waals surface area contributed by atoms with Crippen molar-refractivity contribution in [3.63, 3.8) is 0 Å². The lowest BCUT2D eigenvalue weighted by molar-refractivity contribution is 0.334. The van der Waals surface area contributed by atoms with E-state index < -0.39 is 0 Å². The number of halogens is 1. The molecule has 0 aliphatic rings. The zero-order valence-electron chi connectivity index (χ0n) is 12.1. The first-order chi connectivity index (χ1) is 9.65. The SMILES string of the molecule is CCOc1ccc(C)cc1C(NC)c1ccc(Cl)cc1. The summed E-state index contributed by atoms with van der Waals surface area (Å²) < 4.78 is 5.75. The summed E-state index contributed by atoms with van der Waals surface area (Å²) in [6.45, 7) is 4.75. The molecule has 1 unspecified atom stereocenters. The van der Waals surface area contributed by atoms with Crippen molar-refractivity contribution >= 4 is 11.6 Å². The van der Waals surface area contributed by atoms with Crippen LogP contribution in [0.4, 0.5) is 0 Å². The average Bonchev–Trinajstić information content (AvgIpc) is 2.45. The summed E-state index contributed by atoms with van der Waals surface area (Å²) in [6.07, 6.45) is 0. The van der Waals surface area contributed by atoms with Gasteiger partial charge in [0.05, 0.1) is 12.6 Å². The Bertz CT molecular complexity index is 566. The number of aryl methyl sites for hydroxylation is 1. The van der Waals surface area contributed by atoms with E-state index in [4.69, 9.17) is 16.3 Å². The largest absolute Gasteiger partial charge is 0.494 e. The molecule has 106 valence electrons. The van der Waals surface area contributed by atoms with Gasteiger partial charge in [0, 0.05) is 10.6 Å². The van der Waals surface area contributed by atoms with Crippen molar-refractivity contribution in [2.45, 2.75) is 19.9 Å². The van der Waals surface area contributed by atoms with Gasteiger partial charge in [0.25, 0.3) is 0 Å². The topological polar surface area (TPSA) is 21.3 Å². The third-order valence-electron chi connectivity index (χ3n) is 3.27. The Balaban J connectivity index is 2.45. The van der Waals surface area contributed by atoms with Crippen molar-refractivity contribution < 1.29 is 4.74 Å². The van der Waals surface area contributed by atoms with Gasteiger partial charge in [-0.25, -0.2) is 0 Å². The van der Waals surface area contributed by atoms with Crippen LogP contribution in [0.3, 0.4) is 0 Å². The predicted molar refractivity (Wildman–Crippen MR) is 84.7 cm³/mol. The molecule has 0 aromatic heterocycles. The molecule has 0 bridgehead atoms. The molecular formula is C17H20ClNO. The number of nitrogens with one attached hydrogen (secondary N) is 1. The Morgan fingerprint density at radius 2 is 1.85 bits per heavy atom. The molecule has 0 radical (unpaired) electrons. The molecule has 3 heteroatoms. The zero-order chi connectivity index (χ0) is 14.5. The van der Waals surface area contributed by atoms with Crippen LogP contribution in [0.15, 0.2) is 42.5 Å². The summed E-state index contributed by atoms with van der Waals surface area (Å²) in [5, 5.41) is 4.11. The molecule has 0 amide bonds. The van der Waals surface area contributed by atoms with Gasteiger partial charge in [-0.05, 0) is 44.7 Å². The lowest BCUT2D eigenvalue weighted by Crippen LogP contribution is -2.18. The number of hydrogen-bond donors (Lipinski definition) is 1. The summed E-state index contributed by atoms with van der Waals surface area (Å²) in [4.78, 5) is 0. The Morgan fingerprint density at radius 1 is 1.15 bits per heavy atom. The summed E-state index contributed by atoms with van der Waals surface area (Å²) >= 11 is 5.97. The molecule has 1 atom stereocenters. The zero-order valence-corrected chi connectivity index (χ0v) is 12.9. The minimum absolute atomic E-state index is 0.0914. The van der Waals surface area contributed by atoms with Crippen molar-refractivity contribution in [3.05, 3.63) is 64.2 Å². The monoisotopic (exact) mass is 289 g/mol. The van der Waals surface area contributed by atoms with Crippen LogP contribution in [0, 0.1) is 6.92 Å². The van der Waals surface area contributed by atoms with Gasteiger partial charge in [-0.2, -0.15) is 0 Å². The highest BCUT2D eigenvalue weighted by molar-refractivity contribution is 6.30. The van der Waals surface area contributed by atoms with Crippen LogP contribution >= 0.6 is 11.6 Å². The summed E-state index contributed by atoms with van der Waals surface area (Å²) in [7, 11) is 1.96. The third kappa shape index (κ3) is 3.33. The van der Waals surface area contributed by atoms with Crippen LogP contribution in [-0.2, 0) is 0 Å². The fourth-order valence-electron chi connectivity index (χ4n) is 2.34. The molecular weight excluding hydrogens is 270 g/mol. The Kier molecular flexibility index (Phi) is 5.05. The van der Waals surface area contributed by atoms with E-state index in [-0.39, 0.29) is 6.04 Å². The van der Waals surface area contributed by atoms with Crippen molar-refractivity contribution in [2.24, 2.45) is 0 Å². The molecule has 2 nitrogen and oxygen atoms in total. The summed E-state index contributed by atoms with van der Waals surface area (Å²) in [6, 6.07) is 14.3. The van der Waals surface area contributed by atoms with E-state index in [1.54, 1.807) is 0 Å². The highest BCUT2D eigenvalue weighted by atomic mass is 35.5. The predicted octanol–water partition coefficient (Wildman–Crippen LogP) is 4.36. The number of hydrogen-bond acceptors (Lipinski definition) is 2. The lowest BCUT2D eigenvalue weighted by atomic mass is 9.96. The van der Waals surface area contributed by atoms with Crippen molar-refractivity contribution in [3.8, 4) is 5.75 Å². The first-order valence-electron chi connectivity index (χ1n) is 6.81. The van der Waals surface area contributed by atoms with Gasteiger partial charge in [0.1, 0.15) is 5.75 Å². The molecule has 0 saturated carbocycles. The first-order valence-corrected chi connectivity index (χ1v) is 7.19.